The zero-order valence-electron chi connectivity index (χ0n) is 17.5. The van der Waals surface area contributed by atoms with E-state index in [0.29, 0.717) is 22.8 Å². The lowest BCUT2D eigenvalue weighted by Gasteiger charge is -2.32. The van der Waals surface area contributed by atoms with E-state index >= 15 is 0 Å². The molecule has 33 heavy (non-hydrogen) atoms. The molecule has 0 atom stereocenters. The van der Waals surface area contributed by atoms with Crippen molar-refractivity contribution < 1.29 is 22.7 Å². The molecule has 1 N–H and O–H groups in total. The van der Waals surface area contributed by atoms with Gasteiger partial charge in [-0.15, -0.1) is 0 Å². The molecule has 5 rings (SSSR count). The summed E-state index contributed by atoms with van der Waals surface area (Å²) >= 11 is 0. The number of benzene rings is 1. The molecule has 0 saturated carbocycles. The van der Waals surface area contributed by atoms with Gasteiger partial charge in [0, 0.05) is 18.7 Å². The van der Waals surface area contributed by atoms with E-state index in [4.69, 9.17) is 4.74 Å². The molecule has 3 aromatic rings. The summed E-state index contributed by atoms with van der Waals surface area (Å²) in [5, 5.41) is 2.79. The maximum Gasteiger partial charge on any atom is 0.416 e. The van der Waals surface area contributed by atoms with E-state index in [1.807, 2.05) is 12.1 Å². The molecule has 2 amide bonds. The molecule has 7 nitrogen and oxygen atoms in total. The number of carbonyl (C=O) groups is 1. The zero-order chi connectivity index (χ0) is 23.0. The minimum absolute atomic E-state index is 0.240. The number of amides is 2. The van der Waals surface area contributed by atoms with Crippen LogP contribution < -0.4 is 19.9 Å². The molecule has 2 aliphatic rings. The second-order valence-electron chi connectivity index (χ2n) is 7.75. The van der Waals surface area contributed by atoms with Gasteiger partial charge in [-0.1, -0.05) is 18.2 Å². The van der Waals surface area contributed by atoms with Crippen LogP contribution in [0.4, 0.5) is 35.4 Å². The Hall–Kier alpha value is -3.82. The molecule has 0 radical (unpaired) electrons. The van der Waals surface area contributed by atoms with E-state index in [9.17, 15) is 18.0 Å². The van der Waals surface area contributed by atoms with Crippen molar-refractivity contribution in [3.8, 4) is 17.0 Å². The number of anilines is 3. The number of hydrogen-bond acceptors (Lipinski definition) is 5. The van der Waals surface area contributed by atoms with Gasteiger partial charge in [0.1, 0.15) is 18.2 Å². The Labute approximate surface area is 187 Å². The molecule has 2 aliphatic heterocycles. The maximum absolute atomic E-state index is 13.1. The average molecular weight is 455 g/mol. The van der Waals surface area contributed by atoms with Crippen LogP contribution in [0.25, 0.3) is 11.3 Å². The highest BCUT2D eigenvalue weighted by molar-refractivity contribution is 6.02. The molecular formula is C23H20F3N5O2. The standard InChI is InChI=1S/C23H20F3N5O2/c24-23(25,26)16-5-1-4-15(14-16)17-8-9-18-21(27-17)31(12-13-33-18)22(32)29-19-6-2-7-20(28-19)30-10-3-11-30/h1-2,4-9,14H,3,10-13H2,(H,28,29,32). The summed E-state index contributed by atoms with van der Waals surface area (Å²) in [6, 6.07) is 13.1. The van der Waals surface area contributed by atoms with Gasteiger partial charge in [-0.3, -0.25) is 10.2 Å². The number of rotatable bonds is 3. The molecular weight excluding hydrogens is 435 g/mol. The Morgan fingerprint density at radius 1 is 1.00 bits per heavy atom. The summed E-state index contributed by atoms with van der Waals surface area (Å²) in [5.41, 5.74) is -0.165. The number of nitrogens with zero attached hydrogens (tertiary/aromatic N) is 4. The van der Waals surface area contributed by atoms with Crippen molar-refractivity contribution in [3.05, 3.63) is 60.2 Å². The molecule has 170 valence electrons. The van der Waals surface area contributed by atoms with Crippen molar-refractivity contribution in [2.45, 2.75) is 12.6 Å². The molecule has 1 aromatic carbocycles. The first-order valence-electron chi connectivity index (χ1n) is 10.5. The number of carbonyl (C=O) groups excluding carboxylic acids is 1. The Morgan fingerprint density at radius 2 is 1.82 bits per heavy atom. The van der Waals surface area contributed by atoms with Gasteiger partial charge >= 0.3 is 12.2 Å². The van der Waals surface area contributed by atoms with E-state index in [1.54, 1.807) is 24.3 Å². The Bertz CT molecular complexity index is 1200. The van der Waals surface area contributed by atoms with Crippen molar-refractivity contribution in [2.75, 3.05) is 41.4 Å². The monoisotopic (exact) mass is 455 g/mol. The van der Waals surface area contributed by atoms with Crippen molar-refractivity contribution in [3.63, 3.8) is 0 Å². The van der Waals surface area contributed by atoms with Crippen LogP contribution in [0.2, 0.25) is 0 Å². The number of nitrogens with one attached hydrogen (secondary N) is 1. The van der Waals surface area contributed by atoms with Crippen LogP contribution in [0.3, 0.4) is 0 Å². The lowest BCUT2D eigenvalue weighted by molar-refractivity contribution is -0.137. The Morgan fingerprint density at radius 3 is 2.58 bits per heavy atom. The van der Waals surface area contributed by atoms with Gasteiger partial charge in [-0.2, -0.15) is 13.2 Å². The second-order valence-corrected chi connectivity index (χ2v) is 7.75. The number of pyridine rings is 2. The third-order valence-electron chi connectivity index (χ3n) is 5.55. The molecule has 1 saturated heterocycles. The van der Waals surface area contributed by atoms with Gasteiger partial charge in [-0.25, -0.2) is 14.8 Å². The summed E-state index contributed by atoms with van der Waals surface area (Å²) in [6.07, 6.45) is -3.35. The lowest BCUT2D eigenvalue weighted by Crippen LogP contribution is -2.41. The van der Waals surface area contributed by atoms with Crippen LogP contribution in [-0.4, -0.2) is 42.2 Å². The molecule has 1 fully saturated rings. The number of urea groups is 1. The zero-order valence-corrected chi connectivity index (χ0v) is 17.5. The quantitative estimate of drug-likeness (QED) is 0.614. The first-order chi connectivity index (χ1) is 15.9. The number of hydrogen-bond donors (Lipinski definition) is 1. The van der Waals surface area contributed by atoms with Gasteiger partial charge in [0.2, 0.25) is 0 Å². The largest absolute Gasteiger partial charge is 0.488 e. The molecule has 0 spiro atoms. The van der Waals surface area contributed by atoms with Crippen molar-refractivity contribution in [1.29, 1.82) is 0 Å². The number of halogens is 3. The van der Waals surface area contributed by atoms with E-state index in [0.717, 1.165) is 37.5 Å². The smallest absolute Gasteiger partial charge is 0.416 e. The highest BCUT2D eigenvalue weighted by Crippen LogP contribution is 2.35. The molecule has 4 heterocycles. The number of alkyl halides is 3. The van der Waals surface area contributed by atoms with Crippen molar-refractivity contribution >= 4 is 23.5 Å². The maximum atomic E-state index is 13.1. The van der Waals surface area contributed by atoms with Gasteiger partial charge in [0.25, 0.3) is 0 Å². The first kappa shape index (κ1) is 21.0. The summed E-state index contributed by atoms with van der Waals surface area (Å²) in [6.45, 7) is 2.38. The highest BCUT2D eigenvalue weighted by atomic mass is 19.4. The molecule has 10 heteroatoms. The predicted octanol–water partition coefficient (Wildman–Crippen LogP) is 4.80. The van der Waals surface area contributed by atoms with E-state index in [1.165, 1.54) is 11.0 Å². The van der Waals surface area contributed by atoms with Crippen LogP contribution in [-0.2, 0) is 6.18 Å². The summed E-state index contributed by atoms with van der Waals surface area (Å²) in [4.78, 5) is 25.5. The molecule has 0 bridgehead atoms. The molecule has 0 aliphatic carbocycles. The van der Waals surface area contributed by atoms with Crippen LogP contribution >= 0.6 is 0 Å². The van der Waals surface area contributed by atoms with Crippen molar-refractivity contribution in [1.82, 2.24) is 9.97 Å². The van der Waals surface area contributed by atoms with Gasteiger partial charge in [0.15, 0.2) is 11.6 Å². The van der Waals surface area contributed by atoms with Crippen LogP contribution in [0, 0.1) is 0 Å². The normalized spacial score (nSPS) is 15.4. The van der Waals surface area contributed by atoms with E-state index < -0.39 is 17.8 Å². The fourth-order valence-corrected chi connectivity index (χ4v) is 3.70. The average Bonchev–Trinajstić information content (AvgIpc) is 2.77. The third kappa shape index (κ3) is 4.28. The SMILES string of the molecule is O=C(Nc1cccc(N2CCC2)n1)N1CCOc2ccc(-c3cccc(C(F)(F)F)c3)nc21. The van der Waals surface area contributed by atoms with Gasteiger partial charge in [0.05, 0.1) is 17.8 Å². The highest BCUT2D eigenvalue weighted by Gasteiger charge is 2.31. The number of fused-ring (bicyclic) bond motifs is 1. The summed E-state index contributed by atoms with van der Waals surface area (Å²) < 4.78 is 45.0. The third-order valence-corrected chi connectivity index (χ3v) is 5.55. The van der Waals surface area contributed by atoms with Crippen LogP contribution in [0.15, 0.2) is 54.6 Å². The van der Waals surface area contributed by atoms with Crippen LogP contribution in [0.5, 0.6) is 5.75 Å². The molecule has 2 aromatic heterocycles. The summed E-state index contributed by atoms with van der Waals surface area (Å²) in [7, 11) is 0. The Kier molecular flexibility index (Phi) is 5.27. The number of aromatic nitrogens is 2. The first-order valence-corrected chi connectivity index (χ1v) is 10.5. The minimum Gasteiger partial charge on any atom is -0.488 e. The van der Waals surface area contributed by atoms with Crippen LogP contribution in [0.1, 0.15) is 12.0 Å². The second kappa shape index (κ2) is 8.27. The Balaban J connectivity index is 1.41. The summed E-state index contributed by atoms with van der Waals surface area (Å²) in [5.74, 6) is 1.83. The van der Waals surface area contributed by atoms with Gasteiger partial charge < -0.3 is 9.64 Å². The predicted molar refractivity (Wildman–Crippen MR) is 118 cm³/mol. The molecule has 0 unspecified atom stereocenters. The number of ether oxygens (including phenoxy) is 1. The van der Waals surface area contributed by atoms with E-state index in [-0.39, 0.29) is 19.0 Å². The van der Waals surface area contributed by atoms with E-state index in [2.05, 4.69) is 20.2 Å². The minimum atomic E-state index is -4.46. The van der Waals surface area contributed by atoms with Gasteiger partial charge in [-0.05, 0) is 42.8 Å². The fourth-order valence-electron chi connectivity index (χ4n) is 3.70. The lowest BCUT2D eigenvalue weighted by atomic mass is 10.1. The van der Waals surface area contributed by atoms with Crippen molar-refractivity contribution in [2.24, 2.45) is 0 Å². The topological polar surface area (TPSA) is 70.6 Å². The fraction of sp³-hybridized carbons (Fsp3) is 0.261.